The summed E-state index contributed by atoms with van der Waals surface area (Å²) in [6.07, 6.45) is 0. The van der Waals surface area contributed by atoms with Crippen molar-refractivity contribution in [3.05, 3.63) is 86.5 Å². The molecule has 0 aliphatic rings. The number of rotatable bonds is 5. The lowest BCUT2D eigenvalue weighted by molar-refractivity contribution is -0.116. The zero-order valence-corrected chi connectivity index (χ0v) is 18.6. The lowest BCUT2D eigenvalue weighted by Crippen LogP contribution is -2.33. The van der Waals surface area contributed by atoms with Crippen LogP contribution in [0.25, 0.3) is 0 Å². The van der Waals surface area contributed by atoms with Crippen molar-refractivity contribution in [2.75, 3.05) is 5.32 Å². The van der Waals surface area contributed by atoms with E-state index in [4.69, 9.17) is 11.6 Å². The van der Waals surface area contributed by atoms with Crippen LogP contribution in [0.3, 0.4) is 0 Å². The van der Waals surface area contributed by atoms with E-state index >= 15 is 0 Å². The second-order valence-electron chi connectivity index (χ2n) is 7.18. The number of pyridine rings is 1. The number of amides is 1. The van der Waals surface area contributed by atoms with Crippen molar-refractivity contribution in [2.45, 2.75) is 37.1 Å². The molecule has 162 valence electrons. The van der Waals surface area contributed by atoms with Gasteiger partial charge in [-0.3, -0.25) is 9.59 Å². The Hall–Kier alpha value is -2.97. The van der Waals surface area contributed by atoms with Crippen LogP contribution < -0.4 is 10.9 Å². The average Bonchev–Trinajstić information content (AvgIpc) is 2.68. The lowest BCUT2D eigenvalue weighted by Gasteiger charge is -2.15. The minimum atomic E-state index is -4.09. The number of hydrogen-bond donors (Lipinski definition) is 1. The van der Waals surface area contributed by atoms with E-state index in [-0.39, 0.29) is 20.5 Å². The van der Waals surface area contributed by atoms with Crippen LogP contribution in [0, 0.1) is 26.6 Å². The van der Waals surface area contributed by atoms with E-state index in [0.717, 1.165) is 16.2 Å². The third-order valence-electron chi connectivity index (χ3n) is 4.75. The highest BCUT2D eigenvalue weighted by Gasteiger charge is 2.26. The molecule has 6 nitrogen and oxygen atoms in total. The summed E-state index contributed by atoms with van der Waals surface area (Å²) in [4.78, 5) is 25.2. The van der Waals surface area contributed by atoms with Crippen LogP contribution in [0.2, 0.25) is 5.02 Å². The molecule has 1 heterocycles. The Kier molecular flexibility index (Phi) is 6.33. The maximum Gasteiger partial charge on any atom is 0.270 e. The fourth-order valence-corrected chi connectivity index (χ4v) is 4.92. The molecule has 0 fully saturated rings. The second-order valence-corrected chi connectivity index (χ2v) is 9.48. The van der Waals surface area contributed by atoms with Gasteiger partial charge in [0.1, 0.15) is 17.3 Å². The van der Waals surface area contributed by atoms with Gasteiger partial charge in [0.2, 0.25) is 15.7 Å². The van der Waals surface area contributed by atoms with Gasteiger partial charge >= 0.3 is 0 Å². The molecule has 9 heteroatoms. The van der Waals surface area contributed by atoms with E-state index in [0.29, 0.717) is 11.3 Å². The third-order valence-corrected chi connectivity index (χ3v) is 6.97. The van der Waals surface area contributed by atoms with Crippen LogP contribution in [0.5, 0.6) is 0 Å². The number of nitrogens with one attached hydrogen (secondary N) is 1. The Labute approximate surface area is 184 Å². The van der Waals surface area contributed by atoms with Crippen LogP contribution in [0.4, 0.5) is 10.1 Å². The minimum Gasteiger partial charge on any atom is -0.324 e. The topological polar surface area (TPSA) is 85.2 Å². The van der Waals surface area contributed by atoms with Gasteiger partial charge in [0, 0.05) is 11.4 Å². The molecule has 0 spiro atoms. The van der Waals surface area contributed by atoms with E-state index < -0.39 is 33.7 Å². The predicted molar refractivity (Wildman–Crippen MR) is 117 cm³/mol. The van der Waals surface area contributed by atoms with Gasteiger partial charge in [-0.1, -0.05) is 29.3 Å². The standard InChI is InChI=1S/C22H20ClFN2O4S/c1-13-4-7-17(8-5-13)31(29,30)21-14(2)10-15(3)26(22(21)28)12-20(27)25-16-6-9-19(24)18(23)11-16/h4-11H,12H2,1-3H3,(H,25,27). The largest absolute Gasteiger partial charge is 0.324 e. The molecule has 0 atom stereocenters. The monoisotopic (exact) mass is 462 g/mol. The molecule has 1 N–H and O–H groups in total. The van der Waals surface area contributed by atoms with Gasteiger partial charge in [0.05, 0.1) is 9.92 Å². The molecular weight excluding hydrogens is 443 g/mol. The number of halogens is 2. The molecule has 0 unspecified atom stereocenters. The van der Waals surface area contributed by atoms with Crippen molar-refractivity contribution in [3.8, 4) is 0 Å². The van der Waals surface area contributed by atoms with Gasteiger partial charge in [0.15, 0.2) is 0 Å². The molecule has 1 aromatic heterocycles. The molecule has 0 saturated heterocycles. The first-order valence-electron chi connectivity index (χ1n) is 9.28. The molecule has 2 aromatic carbocycles. The number of anilines is 1. The molecule has 3 rings (SSSR count). The van der Waals surface area contributed by atoms with E-state index in [1.807, 2.05) is 6.92 Å². The SMILES string of the molecule is Cc1ccc(S(=O)(=O)c2c(C)cc(C)n(CC(=O)Nc3ccc(F)c(Cl)c3)c2=O)cc1. The molecule has 0 saturated carbocycles. The molecule has 0 aliphatic carbocycles. The normalized spacial score (nSPS) is 11.4. The van der Waals surface area contributed by atoms with E-state index in [2.05, 4.69) is 5.32 Å². The number of benzene rings is 2. The highest BCUT2D eigenvalue weighted by molar-refractivity contribution is 7.91. The summed E-state index contributed by atoms with van der Waals surface area (Å²) in [6.45, 7) is 4.56. The first kappa shape index (κ1) is 22.7. The van der Waals surface area contributed by atoms with Crippen molar-refractivity contribution in [3.63, 3.8) is 0 Å². The summed E-state index contributed by atoms with van der Waals surface area (Å²) in [7, 11) is -4.09. The number of aryl methyl sites for hydroxylation is 3. The highest BCUT2D eigenvalue weighted by atomic mass is 35.5. The molecular formula is C22H20ClFN2O4S. The number of aromatic nitrogens is 1. The highest BCUT2D eigenvalue weighted by Crippen LogP contribution is 2.23. The minimum absolute atomic E-state index is 0.000825. The summed E-state index contributed by atoms with van der Waals surface area (Å²) in [5, 5.41) is 2.37. The molecule has 0 bridgehead atoms. The maximum atomic E-state index is 13.3. The smallest absolute Gasteiger partial charge is 0.270 e. The Morgan fingerprint density at radius 1 is 1.06 bits per heavy atom. The summed E-state index contributed by atoms with van der Waals surface area (Å²) in [5.74, 6) is -1.22. The third kappa shape index (κ3) is 4.70. The maximum absolute atomic E-state index is 13.3. The van der Waals surface area contributed by atoms with Gasteiger partial charge in [-0.15, -0.1) is 0 Å². The summed E-state index contributed by atoms with van der Waals surface area (Å²) in [5.41, 5.74) is 1.07. The van der Waals surface area contributed by atoms with Crippen molar-refractivity contribution in [2.24, 2.45) is 0 Å². The zero-order valence-electron chi connectivity index (χ0n) is 17.1. The average molecular weight is 463 g/mol. The Balaban J connectivity index is 1.98. The first-order valence-corrected chi connectivity index (χ1v) is 11.1. The first-order chi connectivity index (χ1) is 14.5. The Morgan fingerprint density at radius 2 is 1.71 bits per heavy atom. The zero-order chi connectivity index (χ0) is 22.9. The number of carbonyl (C=O) groups excluding carboxylic acids is 1. The van der Waals surface area contributed by atoms with Gasteiger partial charge in [-0.2, -0.15) is 0 Å². The number of hydrogen-bond acceptors (Lipinski definition) is 4. The second kappa shape index (κ2) is 8.64. The quantitative estimate of drug-likeness (QED) is 0.620. The van der Waals surface area contributed by atoms with E-state index in [1.165, 1.54) is 24.3 Å². The van der Waals surface area contributed by atoms with Crippen LogP contribution in [0.1, 0.15) is 16.8 Å². The molecule has 1 amide bonds. The predicted octanol–water partition coefficient (Wildman–Crippen LogP) is 4.04. The van der Waals surface area contributed by atoms with Crippen LogP contribution in [-0.2, 0) is 21.2 Å². The van der Waals surface area contributed by atoms with Gasteiger partial charge in [0.25, 0.3) is 5.56 Å². The summed E-state index contributed by atoms with van der Waals surface area (Å²) < 4.78 is 40.7. The van der Waals surface area contributed by atoms with Gasteiger partial charge < -0.3 is 9.88 Å². The molecule has 31 heavy (non-hydrogen) atoms. The molecule has 0 aliphatic heterocycles. The van der Waals surface area contributed by atoms with E-state index in [1.54, 1.807) is 32.0 Å². The Bertz CT molecular complexity index is 1330. The summed E-state index contributed by atoms with van der Waals surface area (Å²) >= 11 is 5.72. The fraction of sp³-hybridized carbons (Fsp3) is 0.182. The van der Waals surface area contributed by atoms with Crippen molar-refractivity contribution in [1.29, 1.82) is 0 Å². The van der Waals surface area contributed by atoms with Crippen LogP contribution in [-0.4, -0.2) is 18.9 Å². The molecule has 0 radical (unpaired) electrons. The van der Waals surface area contributed by atoms with Crippen molar-refractivity contribution in [1.82, 2.24) is 4.57 Å². The summed E-state index contributed by atoms with van der Waals surface area (Å²) in [6, 6.07) is 11.4. The van der Waals surface area contributed by atoms with Gasteiger partial charge in [-0.05, 0) is 62.7 Å². The number of nitrogens with zero attached hydrogens (tertiary/aromatic N) is 1. The number of carbonyl (C=O) groups is 1. The van der Waals surface area contributed by atoms with E-state index in [9.17, 15) is 22.4 Å². The van der Waals surface area contributed by atoms with Crippen LogP contribution >= 0.6 is 11.6 Å². The number of sulfone groups is 1. The van der Waals surface area contributed by atoms with Crippen LogP contribution in [0.15, 0.2) is 63.1 Å². The van der Waals surface area contributed by atoms with Gasteiger partial charge in [-0.25, -0.2) is 12.8 Å². The van der Waals surface area contributed by atoms with Crippen molar-refractivity contribution >= 4 is 33.0 Å². The lowest BCUT2D eigenvalue weighted by atomic mass is 10.2. The Morgan fingerprint density at radius 3 is 2.32 bits per heavy atom. The van der Waals surface area contributed by atoms with Crippen molar-refractivity contribution < 1.29 is 17.6 Å². The fourth-order valence-electron chi connectivity index (χ4n) is 3.18. The molecule has 3 aromatic rings.